The van der Waals surface area contributed by atoms with Crippen LogP contribution in [0, 0.1) is 5.92 Å². The van der Waals surface area contributed by atoms with Crippen molar-refractivity contribution in [1.82, 2.24) is 19.7 Å². The van der Waals surface area contributed by atoms with Crippen molar-refractivity contribution in [2.45, 2.75) is 25.9 Å². The van der Waals surface area contributed by atoms with Crippen molar-refractivity contribution in [2.75, 3.05) is 7.05 Å². The molecular formula is C21H22N4O. The van der Waals surface area contributed by atoms with E-state index in [2.05, 4.69) is 16.3 Å². The van der Waals surface area contributed by atoms with E-state index in [1.807, 2.05) is 53.3 Å². The van der Waals surface area contributed by atoms with Gasteiger partial charge < -0.3 is 4.90 Å². The van der Waals surface area contributed by atoms with Crippen LogP contribution in [-0.4, -0.2) is 32.6 Å². The zero-order valence-electron chi connectivity index (χ0n) is 14.9. The minimum atomic E-state index is -0.0112. The molecule has 1 aromatic carbocycles. The highest BCUT2D eigenvalue weighted by atomic mass is 16.2. The minimum absolute atomic E-state index is 0.0112. The van der Waals surface area contributed by atoms with E-state index in [1.165, 1.54) is 12.8 Å². The Labute approximate surface area is 153 Å². The maximum absolute atomic E-state index is 12.8. The van der Waals surface area contributed by atoms with Crippen LogP contribution in [0.3, 0.4) is 0 Å². The van der Waals surface area contributed by atoms with E-state index >= 15 is 0 Å². The predicted molar refractivity (Wildman–Crippen MR) is 100 cm³/mol. The molecule has 0 spiro atoms. The van der Waals surface area contributed by atoms with E-state index in [1.54, 1.807) is 18.1 Å². The van der Waals surface area contributed by atoms with Crippen LogP contribution >= 0.6 is 0 Å². The van der Waals surface area contributed by atoms with Gasteiger partial charge in [-0.05, 0) is 48.6 Å². The number of nitrogens with zero attached hydrogens (tertiary/aromatic N) is 4. The highest BCUT2D eigenvalue weighted by Crippen LogP contribution is 2.31. The van der Waals surface area contributed by atoms with Gasteiger partial charge in [0.15, 0.2) is 0 Å². The van der Waals surface area contributed by atoms with Gasteiger partial charge in [0.2, 0.25) is 0 Å². The highest BCUT2D eigenvalue weighted by Gasteiger charge is 2.22. The number of rotatable bonds is 6. The summed E-state index contributed by atoms with van der Waals surface area (Å²) in [6, 6.07) is 13.5. The molecule has 132 valence electrons. The molecule has 4 rings (SSSR count). The Balaban J connectivity index is 1.49. The van der Waals surface area contributed by atoms with Crippen LogP contribution in [0.2, 0.25) is 0 Å². The van der Waals surface area contributed by atoms with Gasteiger partial charge in [-0.15, -0.1) is 0 Å². The number of benzene rings is 1. The van der Waals surface area contributed by atoms with E-state index in [4.69, 9.17) is 0 Å². The summed E-state index contributed by atoms with van der Waals surface area (Å²) < 4.78 is 2.01. The second-order valence-corrected chi connectivity index (χ2v) is 6.96. The van der Waals surface area contributed by atoms with Crippen molar-refractivity contribution in [1.29, 1.82) is 0 Å². The molecule has 1 aliphatic rings. The predicted octanol–water partition coefficient (Wildman–Crippen LogP) is 3.63. The van der Waals surface area contributed by atoms with Crippen molar-refractivity contribution >= 4 is 5.91 Å². The van der Waals surface area contributed by atoms with Crippen LogP contribution < -0.4 is 0 Å². The molecule has 1 aliphatic carbocycles. The summed E-state index contributed by atoms with van der Waals surface area (Å²) in [5.41, 5.74) is 3.62. The number of pyridine rings is 1. The third kappa shape index (κ3) is 3.82. The van der Waals surface area contributed by atoms with Gasteiger partial charge in [0.05, 0.1) is 18.4 Å². The second-order valence-electron chi connectivity index (χ2n) is 6.96. The van der Waals surface area contributed by atoms with Crippen LogP contribution in [0.25, 0.3) is 11.1 Å². The first-order valence-corrected chi connectivity index (χ1v) is 8.97. The number of carbonyl (C=O) groups excluding carboxylic acids is 1. The van der Waals surface area contributed by atoms with E-state index in [0.717, 1.165) is 29.3 Å². The molecule has 1 saturated carbocycles. The quantitative estimate of drug-likeness (QED) is 0.685. The lowest BCUT2D eigenvalue weighted by Crippen LogP contribution is -2.26. The third-order valence-electron chi connectivity index (χ3n) is 4.69. The largest absolute Gasteiger partial charge is 0.336 e. The van der Waals surface area contributed by atoms with Crippen LogP contribution in [0.4, 0.5) is 0 Å². The average Bonchev–Trinajstić information content (AvgIpc) is 3.36. The van der Waals surface area contributed by atoms with Gasteiger partial charge in [0.1, 0.15) is 0 Å². The highest BCUT2D eigenvalue weighted by molar-refractivity contribution is 5.95. The van der Waals surface area contributed by atoms with E-state index < -0.39 is 0 Å². The zero-order valence-corrected chi connectivity index (χ0v) is 14.9. The van der Waals surface area contributed by atoms with Crippen LogP contribution in [0.15, 0.2) is 61.1 Å². The van der Waals surface area contributed by atoms with Crippen molar-refractivity contribution < 1.29 is 4.79 Å². The Bertz CT molecular complexity index is 899. The Morgan fingerprint density at radius 3 is 2.85 bits per heavy atom. The SMILES string of the molecule is CN(Cc1ccccn1)C(=O)c1cccc(-c2cnn(CC3CC3)c2)c1. The van der Waals surface area contributed by atoms with Crippen LogP contribution in [0.5, 0.6) is 0 Å². The molecule has 26 heavy (non-hydrogen) atoms. The molecule has 0 N–H and O–H groups in total. The fraction of sp³-hybridized carbons (Fsp3) is 0.286. The fourth-order valence-electron chi connectivity index (χ4n) is 3.04. The summed E-state index contributed by atoms with van der Waals surface area (Å²) in [6.45, 7) is 1.48. The smallest absolute Gasteiger partial charge is 0.253 e. The van der Waals surface area contributed by atoms with Crippen molar-refractivity contribution in [3.05, 3.63) is 72.3 Å². The van der Waals surface area contributed by atoms with Gasteiger partial charge >= 0.3 is 0 Å². The first-order chi connectivity index (χ1) is 12.7. The Kier molecular flexibility index (Phi) is 4.52. The van der Waals surface area contributed by atoms with E-state index in [-0.39, 0.29) is 5.91 Å². The average molecular weight is 346 g/mol. The van der Waals surface area contributed by atoms with Gasteiger partial charge in [-0.3, -0.25) is 14.5 Å². The molecule has 5 nitrogen and oxygen atoms in total. The number of aromatic nitrogens is 3. The molecule has 1 fully saturated rings. The summed E-state index contributed by atoms with van der Waals surface area (Å²) in [7, 11) is 1.80. The van der Waals surface area contributed by atoms with Gasteiger partial charge in [-0.2, -0.15) is 5.10 Å². The standard InChI is InChI=1S/C21H22N4O/c1-24(15-20-7-2-3-10-22-20)21(26)18-6-4-5-17(11-18)19-12-23-25(14-19)13-16-8-9-16/h2-7,10-12,14,16H,8-9,13,15H2,1H3. The topological polar surface area (TPSA) is 51.0 Å². The van der Waals surface area contributed by atoms with Gasteiger partial charge in [0, 0.05) is 37.1 Å². The molecule has 1 amide bonds. The Hall–Kier alpha value is -2.95. The van der Waals surface area contributed by atoms with Gasteiger partial charge in [-0.25, -0.2) is 0 Å². The first kappa shape index (κ1) is 16.5. The molecule has 2 aromatic heterocycles. The van der Waals surface area contributed by atoms with Crippen LogP contribution in [-0.2, 0) is 13.1 Å². The summed E-state index contributed by atoms with van der Waals surface area (Å²) in [5, 5.41) is 4.45. The van der Waals surface area contributed by atoms with Gasteiger partial charge in [0.25, 0.3) is 5.91 Å². The molecular weight excluding hydrogens is 324 g/mol. The summed E-state index contributed by atoms with van der Waals surface area (Å²) in [4.78, 5) is 18.7. The maximum Gasteiger partial charge on any atom is 0.253 e. The lowest BCUT2D eigenvalue weighted by atomic mass is 10.1. The fourth-order valence-corrected chi connectivity index (χ4v) is 3.04. The normalized spacial score (nSPS) is 13.6. The van der Waals surface area contributed by atoms with E-state index in [9.17, 15) is 4.79 Å². The number of carbonyl (C=O) groups is 1. The molecule has 0 atom stereocenters. The molecule has 0 saturated heterocycles. The molecule has 2 heterocycles. The third-order valence-corrected chi connectivity index (χ3v) is 4.69. The Morgan fingerprint density at radius 1 is 1.19 bits per heavy atom. The lowest BCUT2D eigenvalue weighted by molar-refractivity contribution is 0.0783. The molecule has 0 unspecified atom stereocenters. The lowest BCUT2D eigenvalue weighted by Gasteiger charge is -2.17. The maximum atomic E-state index is 12.8. The molecule has 0 aliphatic heterocycles. The van der Waals surface area contributed by atoms with Gasteiger partial charge in [-0.1, -0.05) is 18.2 Å². The van der Waals surface area contributed by atoms with E-state index in [0.29, 0.717) is 12.1 Å². The number of amides is 1. The number of hydrogen-bond acceptors (Lipinski definition) is 3. The Morgan fingerprint density at radius 2 is 2.08 bits per heavy atom. The molecule has 3 aromatic rings. The summed E-state index contributed by atoms with van der Waals surface area (Å²) in [5.74, 6) is 0.777. The van der Waals surface area contributed by atoms with Crippen molar-refractivity contribution in [2.24, 2.45) is 5.92 Å². The summed E-state index contributed by atoms with van der Waals surface area (Å²) in [6.07, 6.45) is 8.31. The minimum Gasteiger partial charge on any atom is -0.336 e. The molecule has 0 radical (unpaired) electrons. The summed E-state index contributed by atoms with van der Waals surface area (Å²) >= 11 is 0. The number of hydrogen-bond donors (Lipinski definition) is 0. The first-order valence-electron chi connectivity index (χ1n) is 8.97. The van der Waals surface area contributed by atoms with Crippen molar-refractivity contribution in [3.63, 3.8) is 0 Å². The second kappa shape index (κ2) is 7.12. The zero-order chi connectivity index (χ0) is 17.9. The van der Waals surface area contributed by atoms with Crippen molar-refractivity contribution in [3.8, 4) is 11.1 Å². The van der Waals surface area contributed by atoms with Crippen LogP contribution in [0.1, 0.15) is 28.9 Å². The molecule has 0 bridgehead atoms. The molecule has 5 heteroatoms. The monoisotopic (exact) mass is 346 g/mol.